The molecule has 0 bridgehead atoms. The van der Waals surface area contributed by atoms with Crippen LogP contribution in [0.3, 0.4) is 0 Å². The van der Waals surface area contributed by atoms with Crippen LogP contribution in [0.4, 0.5) is 0 Å². The molecule has 1 unspecified atom stereocenters. The Balaban J connectivity index is 1.72. The van der Waals surface area contributed by atoms with Crippen molar-refractivity contribution >= 4 is 0 Å². The Morgan fingerprint density at radius 3 is 3.21 bits per heavy atom. The predicted octanol–water partition coefficient (Wildman–Crippen LogP) is 2.95. The number of fused-ring (bicyclic) bond motifs is 1. The molecule has 104 valence electrons. The standard InChI is InChI=1S/C17H26N2/c1-2-14-5-4-10-19(12-14)13-16-7-3-6-15-11-18-9-8-17(15)16/h3,6-7,14,18H,2,4-5,8-13H2,1H3. The Morgan fingerprint density at radius 2 is 2.32 bits per heavy atom. The van der Waals surface area contributed by atoms with Gasteiger partial charge in [-0.25, -0.2) is 0 Å². The molecule has 2 heterocycles. The molecule has 0 saturated carbocycles. The second-order valence-corrected chi connectivity index (χ2v) is 6.13. The van der Waals surface area contributed by atoms with Gasteiger partial charge in [0.05, 0.1) is 0 Å². The van der Waals surface area contributed by atoms with E-state index in [1.165, 1.54) is 50.9 Å². The summed E-state index contributed by atoms with van der Waals surface area (Å²) in [4.78, 5) is 2.68. The van der Waals surface area contributed by atoms with Crippen molar-refractivity contribution in [3.63, 3.8) is 0 Å². The Kier molecular flexibility index (Phi) is 4.19. The fraction of sp³-hybridized carbons (Fsp3) is 0.647. The molecule has 1 aromatic carbocycles. The molecule has 1 fully saturated rings. The van der Waals surface area contributed by atoms with Crippen molar-refractivity contribution in [2.24, 2.45) is 5.92 Å². The molecule has 0 radical (unpaired) electrons. The topological polar surface area (TPSA) is 15.3 Å². The lowest BCUT2D eigenvalue weighted by Gasteiger charge is -2.33. The van der Waals surface area contributed by atoms with Crippen LogP contribution in [0.5, 0.6) is 0 Å². The lowest BCUT2D eigenvalue weighted by Crippen LogP contribution is -2.35. The van der Waals surface area contributed by atoms with Crippen LogP contribution in [0, 0.1) is 5.92 Å². The third-order valence-electron chi connectivity index (χ3n) is 4.81. The Bertz CT molecular complexity index is 427. The molecule has 2 aliphatic heterocycles. The number of benzene rings is 1. The number of hydrogen-bond acceptors (Lipinski definition) is 2. The van der Waals surface area contributed by atoms with Crippen molar-refractivity contribution in [3.8, 4) is 0 Å². The van der Waals surface area contributed by atoms with E-state index in [0.29, 0.717) is 0 Å². The van der Waals surface area contributed by atoms with E-state index in [9.17, 15) is 0 Å². The summed E-state index contributed by atoms with van der Waals surface area (Å²) in [6.45, 7) is 8.29. The zero-order valence-corrected chi connectivity index (χ0v) is 12.1. The zero-order chi connectivity index (χ0) is 13.1. The highest BCUT2D eigenvalue weighted by atomic mass is 15.1. The van der Waals surface area contributed by atoms with Gasteiger partial charge in [-0.2, -0.15) is 0 Å². The van der Waals surface area contributed by atoms with Crippen molar-refractivity contribution in [1.82, 2.24) is 10.2 Å². The van der Waals surface area contributed by atoms with Crippen LogP contribution < -0.4 is 5.32 Å². The Labute approximate surface area is 117 Å². The first-order valence-corrected chi connectivity index (χ1v) is 7.89. The maximum absolute atomic E-state index is 3.47. The van der Waals surface area contributed by atoms with E-state index < -0.39 is 0 Å². The smallest absolute Gasteiger partial charge is 0.0236 e. The van der Waals surface area contributed by atoms with E-state index in [-0.39, 0.29) is 0 Å². The summed E-state index contributed by atoms with van der Waals surface area (Å²) < 4.78 is 0. The lowest BCUT2D eigenvalue weighted by atomic mass is 9.92. The number of nitrogens with zero attached hydrogens (tertiary/aromatic N) is 1. The molecule has 1 aromatic rings. The van der Waals surface area contributed by atoms with Crippen LogP contribution in [0.2, 0.25) is 0 Å². The molecule has 1 N–H and O–H groups in total. The minimum atomic E-state index is 0.926. The van der Waals surface area contributed by atoms with Crippen LogP contribution >= 0.6 is 0 Å². The summed E-state index contributed by atoms with van der Waals surface area (Å²) in [5, 5.41) is 3.47. The number of hydrogen-bond donors (Lipinski definition) is 1. The minimum Gasteiger partial charge on any atom is -0.312 e. The normalized spacial score (nSPS) is 24.2. The summed E-state index contributed by atoms with van der Waals surface area (Å²) in [7, 11) is 0. The van der Waals surface area contributed by atoms with Gasteiger partial charge in [0.25, 0.3) is 0 Å². The van der Waals surface area contributed by atoms with Gasteiger partial charge in [-0.3, -0.25) is 4.90 Å². The van der Waals surface area contributed by atoms with Crippen molar-refractivity contribution in [1.29, 1.82) is 0 Å². The highest BCUT2D eigenvalue weighted by Gasteiger charge is 2.20. The van der Waals surface area contributed by atoms with Crippen LogP contribution in [0.1, 0.15) is 42.9 Å². The maximum atomic E-state index is 3.47. The third-order valence-corrected chi connectivity index (χ3v) is 4.81. The molecule has 1 atom stereocenters. The Hall–Kier alpha value is -0.860. The largest absolute Gasteiger partial charge is 0.312 e. The second-order valence-electron chi connectivity index (χ2n) is 6.13. The maximum Gasteiger partial charge on any atom is 0.0236 e. The monoisotopic (exact) mass is 258 g/mol. The zero-order valence-electron chi connectivity index (χ0n) is 12.1. The molecule has 19 heavy (non-hydrogen) atoms. The van der Waals surface area contributed by atoms with Gasteiger partial charge < -0.3 is 5.32 Å². The van der Waals surface area contributed by atoms with Gasteiger partial charge in [0.1, 0.15) is 0 Å². The van der Waals surface area contributed by atoms with Gasteiger partial charge in [-0.05, 0) is 55.0 Å². The highest BCUT2D eigenvalue weighted by molar-refractivity contribution is 5.37. The van der Waals surface area contributed by atoms with Gasteiger partial charge in [0.15, 0.2) is 0 Å². The van der Waals surface area contributed by atoms with Crippen LogP contribution in [-0.4, -0.2) is 24.5 Å². The van der Waals surface area contributed by atoms with E-state index in [4.69, 9.17) is 0 Å². The number of rotatable bonds is 3. The van der Waals surface area contributed by atoms with E-state index >= 15 is 0 Å². The molecule has 3 rings (SSSR count). The van der Waals surface area contributed by atoms with Crippen molar-refractivity contribution in [3.05, 3.63) is 34.9 Å². The molecular weight excluding hydrogens is 232 g/mol. The number of likely N-dealkylation sites (tertiary alicyclic amines) is 1. The summed E-state index contributed by atoms with van der Waals surface area (Å²) >= 11 is 0. The fourth-order valence-corrected chi connectivity index (χ4v) is 3.63. The molecule has 1 saturated heterocycles. The highest BCUT2D eigenvalue weighted by Crippen LogP contribution is 2.24. The molecule has 2 nitrogen and oxygen atoms in total. The van der Waals surface area contributed by atoms with Crippen LogP contribution in [-0.2, 0) is 19.5 Å². The molecular formula is C17H26N2. The second kappa shape index (κ2) is 6.06. The average molecular weight is 258 g/mol. The molecule has 0 aliphatic carbocycles. The van der Waals surface area contributed by atoms with Crippen molar-refractivity contribution < 1.29 is 0 Å². The van der Waals surface area contributed by atoms with E-state index in [1.807, 2.05) is 0 Å². The number of piperidine rings is 1. The summed E-state index contributed by atoms with van der Waals surface area (Å²) in [5.41, 5.74) is 4.73. The van der Waals surface area contributed by atoms with Gasteiger partial charge in [0, 0.05) is 19.6 Å². The first kappa shape index (κ1) is 13.1. The van der Waals surface area contributed by atoms with Gasteiger partial charge in [-0.15, -0.1) is 0 Å². The van der Waals surface area contributed by atoms with E-state index in [0.717, 1.165) is 19.0 Å². The molecule has 0 aromatic heterocycles. The van der Waals surface area contributed by atoms with Crippen LogP contribution in [0.25, 0.3) is 0 Å². The van der Waals surface area contributed by atoms with E-state index in [2.05, 4.69) is 35.3 Å². The molecule has 0 amide bonds. The average Bonchev–Trinajstić information content (AvgIpc) is 2.48. The predicted molar refractivity (Wildman–Crippen MR) is 80.1 cm³/mol. The van der Waals surface area contributed by atoms with Gasteiger partial charge in [-0.1, -0.05) is 31.5 Å². The fourth-order valence-electron chi connectivity index (χ4n) is 3.63. The third kappa shape index (κ3) is 3.01. The Morgan fingerprint density at radius 1 is 1.37 bits per heavy atom. The van der Waals surface area contributed by atoms with Gasteiger partial charge >= 0.3 is 0 Å². The lowest BCUT2D eigenvalue weighted by molar-refractivity contribution is 0.164. The van der Waals surface area contributed by atoms with E-state index in [1.54, 1.807) is 11.1 Å². The van der Waals surface area contributed by atoms with Crippen LogP contribution in [0.15, 0.2) is 18.2 Å². The van der Waals surface area contributed by atoms with Crippen molar-refractivity contribution in [2.45, 2.75) is 45.7 Å². The quantitative estimate of drug-likeness (QED) is 0.896. The van der Waals surface area contributed by atoms with Crippen molar-refractivity contribution in [2.75, 3.05) is 19.6 Å². The minimum absolute atomic E-state index is 0.926. The summed E-state index contributed by atoms with van der Waals surface area (Å²) in [6, 6.07) is 6.87. The first-order valence-electron chi connectivity index (χ1n) is 7.89. The van der Waals surface area contributed by atoms with Gasteiger partial charge in [0.2, 0.25) is 0 Å². The SMILES string of the molecule is CCC1CCCN(Cc2cccc3c2CCNC3)C1. The molecule has 0 spiro atoms. The molecule has 2 heteroatoms. The first-order chi connectivity index (χ1) is 9.36. The summed E-state index contributed by atoms with van der Waals surface area (Å²) in [6.07, 6.45) is 5.36. The number of nitrogens with one attached hydrogen (secondary N) is 1. The summed E-state index contributed by atoms with van der Waals surface area (Å²) in [5.74, 6) is 0.926. The molecule has 2 aliphatic rings.